The van der Waals surface area contributed by atoms with Gasteiger partial charge in [-0.25, -0.2) is 5.06 Å². The summed E-state index contributed by atoms with van der Waals surface area (Å²) in [5.41, 5.74) is 1.23. The number of hydroxylamine groups is 2. The molecule has 0 unspecified atom stereocenters. The van der Waals surface area contributed by atoms with E-state index in [9.17, 15) is 4.79 Å². The molecule has 1 aromatic heterocycles. The van der Waals surface area contributed by atoms with Crippen LogP contribution >= 0.6 is 0 Å². The average molecular weight is 516 g/mol. The number of amides is 1. The molecule has 37 heavy (non-hydrogen) atoms. The highest BCUT2D eigenvalue weighted by Gasteiger charge is 2.20. The number of carbonyl (C=O) groups excluding carboxylic acids is 1. The summed E-state index contributed by atoms with van der Waals surface area (Å²) < 4.78 is 24.7. The molecule has 0 spiro atoms. The number of aromatic nitrogens is 2. The van der Waals surface area contributed by atoms with Crippen molar-refractivity contribution in [1.29, 1.82) is 0 Å². The van der Waals surface area contributed by atoms with Crippen molar-refractivity contribution in [3.8, 4) is 17.2 Å². The molecule has 1 fully saturated rings. The van der Waals surface area contributed by atoms with E-state index in [1.165, 1.54) is 7.11 Å². The number of benzene rings is 2. The van der Waals surface area contributed by atoms with Crippen molar-refractivity contribution in [2.24, 2.45) is 7.05 Å². The number of rotatable bonds is 9. The Balaban J connectivity index is 0.00000115. The topological polar surface area (TPSA) is 84.3 Å². The van der Waals surface area contributed by atoms with Gasteiger partial charge in [0.25, 0.3) is 5.91 Å². The fraction of sp³-hybridized carbons (Fsp3) is 0.500. The summed E-state index contributed by atoms with van der Waals surface area (Å²) in [6.45, 7) is 10.5. The summed E-state index contributed by atoms with van der Waals surface area (Å²) >= 11 is 0. The number of aryl methyl sites for hydroxylation is 1. The van der Waals surface area contributed by atoms with Crippen LogP contribution in [0.15, 0.2) is 42.6 Å². The molecule has 0 atom stereocenters. The zero-order chi connectivity index (χ0) is 27.2. The Bertz CT molecular complexity index is 1080. The normalized spacial score (nSPS) is 13.2. The molecule has 4 rings (SSSR count). The average Bonchev–Trinajstić information content (AvgIpc) is 3.32. The van der Waals surface area contributed by atoms with E-state index in [-0.39, 0.29) is 12.0 Å². The molecule has 204 valence electrons. The number of hydrogen-bond acceptors (Lipinski definition) is 7. The molecule has 0 N–H and O–H groups in total. The largest absolute Gasteiger partial charge is 0.491 e. The van der Waals surface area contributed by atoms with E-state index in [0.29, 0.717) is 30.3 Å². The first-order valence-corrected chi connectivity index (χ1v) is 12.9. The summed E-state index contributed by atoms with van der Waals surface area (Å²) in [4.78, 5) is 17.9. The Morgan fingerprint density at radius 2 is 1.70 bits per heavy atom. The first-order chi connectivity index (χ1) is 18.0. The molecule has 2 heterocycles. The quantitative estimate of drug-likeness (QED) is 0.270. The van der Waals surface area contributed by atoms with E-state index in [0.717, 1.165) is 47.8 Å². The number of carbonyl (C=O) groups is 1. The molecule has 9 nitrogen and oxygen atoms in total. The van der Waals surface area contributed by atoms with Gasteiger partial charge >= 0.3 is 0 Å². The van der Waals surface area contributed by atoms with Gasteiger partial charge in [-0.15, -0.1) is 0 Å². The summed E-state index contributed by atoms with van der Waals surface area (Å²) in [6.07, 6.45) is 3.83. The van der Waals surface area contributed by atoms with Gasteiger partial charge in [-0.2, -0.15) is 5.10 Å². The molecule has 9 heteroatoms. The summed E-state index contributed by atoms with van der Waals surface area (Å²) in [6, 6.07) is 10.8. The number of fused-ring (bicyclic) bond motifs is 1. The van der Waals surface area contributed by atoms with Gasteiger partial charge in [-0.05, 0) is 43.2 Å². The van der Waals surface area contributed by atoms with Crippen LogP contribution in [-0.2, 0) is 21.4 Å². The Morgan fingerprint density at radius 1 is 1.05 bits per heavy atom. The molecular formula is C28H41N3O6. The second-order valence-electron chi connectivity index (χ2n) is 7.77. The Hall–Kier alpha value is -3.14. The molecule has 3 aromatic rings. The van der Waals surface area contributed by atoms with Crippen molar-refractivity contribution in [1.82, 2.24) is 14.8 Å². The third kappa shape index (κ3) is 8.45. The van der Waals surface area contributed by atoms with Crippen LogP contribution in [0.3, 0.4) is 0 Å². The zero-order valence-electron chi connectivity index (χ0n) is 23.2. The van der Waals surface area contributed by atoms with E-state index in [1.54, 1.807) is 42.2 Å². The van der Waals surface area contributed by atoms with Crippen molar-refractivity contribution < 1.29 is 28.6 Å². The van der Waals surface area contributed by atoms with E-state index < -0.39 is 0 Å². The minimum absolute atomic E-state index is 0.254. The van der Waals surface area contributed by atoms with Crippen LogP contribution in [0.4, 0.5) is 0 Å². The Morgan fingerprint density at radius 3 is 2.35 bits per heavy atom. The lowest BCUT2D eigenvalue weighted by Crippen LogP contribution is -2.25. The van der Waals surface area contributed by atoms with Gasteiger partial charge < -0.3 is 18.9 Å². The van der Waals surface area contributed by atoms with Gasteiger partial charge in [0.15, 0.2) is 0 Å². The minimum atomic E-state index is -0.317. The minimum Gasteiger partial charge on any atom is -0.491 e. The summed E-state index contributed by atoms with van der Waals surface area (Å²) in [5, 5.41) is 6.25. The molecule has 0 radical (unpaired) electrons. The van der Waals surface area contributed by atoms with Crippen LogP contribution in [0.2, 0.25) is 0 Å². The lowest BCUT2D eigenvalue weighted by Gasteiger charge is -2.22. The molecule has 2 aromatic carbocycles. The van der Waals surface area contributed by atoms with Crippen molar-refractivity contribution in [2.75, 3.05) is 40.6 Å². The third-order valence-corrected chi connectivity index (χ3v) is 5.56. The fourth-order valence-electron chi connectivity index (χ4n) is 3.63. The lowest BCUT2D eigenvalue weighted by atomic mass is 10.1. The molecule has 0 bridgehead atoms. The molecule has 1 aliphatic heterocycles. The monoisotopic (exact) mass is 515 g/mol. The van der Waals surface area contributed by atoms with Crippen molar-refractivity contribution in [2.45, 2.75) is 46.6 Å². The Labute approximate surface area is 220 Å². The van der Waals surface area contributed by atoms with Crippen molar-refractivity contribution in [3.05, 3.63) is 48.2 Å². The predicted molar refractivity (Wildman–Crippen MR) is 144 cm³/mol. The van der Waals surface area contributed by atoms with E-state index >= 15 is 0 Å². The maximum Gasteiger partial charge on any atom is 0.280 e. The second-order valence-corrected chi connectivity index (χ2v) is 7.77. The molecule has 1 amide bonds. The first kappa shape index (κ1) is 30.1. The van der Waals surface area contributed by atoms with Gasteiger partial charge in [0.1, 0.15) is 23.9 Å². The van der Waals surface area contributed by atoms with Gasteiger partial charge in [-0.1, -0.05) is 27.7 Å². The summed E-state index contributed by atoms with van der Waals surface area (Å²) in [5.74, 6) is 1.40. The van der Waals surface area contributed by atoms with Crippen LogP contribution in [0.1, 0.15) is 50.9 Å². The van der Waals surface area contributed by atoms with E-state index in [1.807, 2.05) is 46.9 Å². The van der Waals surface area contributed by atoms with Crippen LogP contribution in [0.25, 0.3) is 10.9 Å². The number of nitrogens with zero attached hydrogens (tertiary/aromatic N) is 3. The molecule has 1 saturated heterocycles. The highest BCUT2D eigenvalue weighted by Crippen LogP contribution is 2.31. The van der Waals surface area contributed by atoms with E-state index in [2.05, 4.69) is 5.10 Å². The maximum absolute atomic E-state index is 12.8. The van der Waals surface area contributed by atoms with E-state index in [4.69, 9.17) is 23.8 Å². The van der Waals surface area contributed by atoms with Crippen molar-refractivity contribution in [3.63, 3.8) is 0 Å². The molecular weight excluding hydrogens is 474 g/mol. The summed E-state index contributed by atoms with van der Waals surface area (Å²) in [7, 11) is 4.83. The van der Waals surface area contributed by atoms with Crippen molar-refractivity contribution >= 4 is 16.8 Å². The SMILES string of the molecule is CC.CC.CON(C)C(=O)c1cc2cnn(C)c2cc1Oc1ccc(OCCOC2CCOCC2)cc1. The number of ether oxygens (including phenoxy) is 4. The van der Waals surface area contributed by atoms with Crippen LogP contribution in [-0.4, -0.2) is 67.4 Å². The van der Waals surface area contributed by atoms with Gasteiger partial charge in [0, 0.05) is 38.8 Å². The van der Waals surface area contributed by atoms with Crippen LogP contribution < -0.4 is 9.47 Å². The fourth-order valence-corrected chi connectivity index (χ4v) is 3.63. The highest BCUT2D eigenvalue weighted by atomic mass is 16.7. The second kappa shape index (κ2) is 15.9. The highest BCUT2D eigenvalue weighted by molar-refractivity contribution is 6.00. The standard InChI is InChI=1S/C24H29N3O6.2C2H6/c1-26-22-15-23(21(14-17(22)16-25-26)24(28)27(2)29-3)33-20-6-4-18(5-7-20)31-12-13-32-19-8-10-30-11-9-19;2*1-2/h4-7,14-16,19H,8-13H2,1-3H3;2*1-2H3. The maximum atomic E-state index is 12.8. The molecule has 0 saturated carbocycles. The molecule has 1 aliphatic rings. The molecule has 0 aliphatic carbocycles. The van der Waals surface area contributed by atoms with Crippen LogP contribution in [0.5, 0.6) is 17.2 Å². The lowest BCUT2D eigenvalue weighted by molar-refractivity contribution is -0.0758. The zero-order valence-corrected chi connectivity index (χ0v) is 23.2. The smallest absolute Gasteiger partial charge is 0.280 e. The van der Waals surface area contributed by atoms with Gasteiger partial charge in [0.05, 0.1) is 37.1 Å². The van der Waals surface area contributed by atoms with Gasteiger partial charge in [0.2, 0.25) is 0 Å². The third-order valence-electron chi connectivity index (χ3n) is 5.56. The predicted octanol–water partition coefficient (Wildman–Crippen LogP) is 5.63. The van der Waals surface area contributed by atoms with Crippen LogP contribution in [0, 0.1) is 0 Å². The Kier molecular flexibility index (Phi) is 12.9. The first-order valence-electron chi connectivity index (χ1n) is 12.9. The van der Waals surface area contributed by atoms with Gasteiger partial charge in [-0.3, -0.25) is 14.3 Å². The number of hydrogen-bond donors (Lipinski definition) is 0.